The maximum Gasteiger partial charge on any atom is 0.243 e. The number of sulfonamides is 1. The Balaban J connectivity index is 1.49. The van der Waals surface area contributed by atoms with Gasteiger partial charge < -0.3 is 10.2 Å². The van der Waals surface area contributed by atoms with Gasteiger partial charge in [-0.1, -0.05) is 12.1 Å². The van der Waals surface area contributed by atoms with Crippen LogP contribution in [0.5, 0.6) is 0 Å². The van der Waals surface area contributed by atoms with Crippen molar-refractivity contribution < 1.29 is 22.4 Å². The quantitative estimate of drug-likeness (QED) is 0.767. The number of hydrogen-bond donors (Lipinski definition) is 1. The number of carbonyl (C=O) groups excluding carboxylic acids is 2. The van der Waals surface area contributed by atoms with Crippen LogP contribution in [-0.2, 0) is 19.6 Å². The number of rotatable bonds is 5. The highest BCUT2D eigenvalue weighted by molar-refractivity contribution is 7.89. The molecule has 0 bridgehead atoms. The van der Waals surface area contributed by atoms with Gasteiger partial charge in [0, 0.05) is 26.1 Å². The van der Waals surface area contributed by atoms with Crippen molar-refractivity contribution in [2.45, 2.75) is 30.6 Å². The van der Waals surface area contributed by atoms with E-state index >= 15 is 0 Å². The molecule has 2 heterocycles. The molecule has 31 heavy (non-hydrogen) atoms. The average Bonchev–Trinajstić information content (AvgIpc) is 3.20. The molecule has 2 aromatic rings. The van der Waals surface area contributed by atoms with Gasteiger partial charge in [-0.2, -0.15) is 4.31 Å². The summed E-state index contributed by atoms with van der Waals surface area (Å²) < 4.78 is 40.3. The minimum absolute atomic E-state index is 0.00727. The van der Waals surface area contributed by atoms with Crippen LogP contribution in [-0.4, -0.2) is 44.2 Å². The Morgan fingerprint density at radius 1 is 1.03 bits per heavy atom. The first kappa shape index (κ1) is 21.5. The number of amides is 2. The second-order valence-corrected chi connectivity index (χ2v) is 9.75. The molecule has 0 spiro atoms. The van der Waals surface area contributed by atoms with E-state index in [9.17, 15) is 22.4 Å². The van der Waals surface area contributed by atoms with E-state index in [2.05, 4.69) is 5.32 Å². The first-order chi connectivity index (χ1) is 14.9. The first-order valence-electron chi connectivity index (χ1n) is 10.3. The predicted octanol–water partition coefficient (Wildman–Crippen LogP) is 2.99. The Morgan fingerprint density at radius 3 is 2.48 bits per heavy atom. The van der Waals surface area contributed by atoms with Crippen molar-refractivity contribution in [3.63, 3.8) is 0 Å². The number of benzene rings is 2. The Kier molecular flexibility index (Phi) is 6.06. The molecule has 2 fully saturated rings. The van der Waals surface area contributed by atoms with E-state index in [4.69, 9.17) is 0 Å². The van der Waals surface area contributed by atoms with Crippen LogP contribution in [0.1, 0.15) is 25.7 Å². The Bertz CT molecular complexity index is 1090. The lowest BCUT2D eigenvalue weighted by Gasteiger charge is -2.31. The minimum atomic E-state index is -3.81. The van der Waals surface area contributed by atoms with Crippen molar-refractivity contribution in [1.29, 1.82) is 0 Å². The van der Waals surface area contributed by atoms with Crippen LogP contribution < -0.4 is 10.2 Å². The minimum Gasteiger partial charge on any atom is -0.324 e. The number of nitrogens with zero attached hydrogens (tertiary/aromatic N) is 2. The summed E-state index contributed by atoms with van der Waals surface area (Å²) in [4.78, 5) is 26.8. The summed E-state index contributed by atoms with van der Waals surface area (Å²) in [7, 11) is -3.81. The molecule has 0 unspecified atom stereocenters. The first-order valence-corrected chi connectivity index (χ1v) is 11.8. The van der Waals surface area contributed by atoms with Gasteiger partial charge in [0.1, 0.15) is 5.82 Å². The third kappa shape index (κ3) is 4.47. The Hall–Kier alpha value is -2.78. The van der Waals surface area contributed by atoms with Crippen LogP contribution in [0.2, 0.25) is 0 Å². The van der Waals surface area contributed by atoms with E-state index in [0.29, 0.717) is 43.7 Å². The molecular formula is C22H24FN3O4S. The van der Waals surface area contributed by atoms with E-state index < -0.39 is 21.8 Å². The van der Waals surface area contributed by atoms with Gasteiger partial charge >= 0.3 is 0 Å². The molecule has 0 saturated carbocycles. The molecule has 2 aliphatic heterocycles. The van der Waals surface area contributed by atoms with Crippen LogP contribution in [0.25, 0.3) is 0 Å². The van der Waals surface area contributed by atoms with Crippen LogP contribution in [0, 0.1) is 11.7 Å². The molecule has 9 heteroatoms. The summed E-state index contributed by atoms with van der Waals surface area (Å²) in [5.74, 6) is -1.29. The highest BCUT2D eigenvalue weighted by Crippen LogP contribution is 2.31. The second kappa shape index (κ2) is 8.76. The highest BCUT2D eigenvalue weighted by Gasteiger charge is 2.34. The highest BCUT2D eigenvalue weighted by atomic mass is 32.2. The van der Waals surface area contributed by atoms with Crippen molar-refractivity contribution >= 4 is 33.2 Å². The van der Waals surface area contributed by atoms with Gasteiger partial charge in [0.2, 0.25) is 21.8 Å². The lowest BCUT2D eigenvalue weighted by Crippen LogP contribution is -2.43. The molecule has 1 atom stereocenters. The summed E-state index contributed by atoms with van der Waals surface area (Å²) in [5.41, 5.74) is 1.20. The average molecular weight is 446 g/mol. The van der Waals surface area contributed by atoms with Gasteiger partial charge in [0.15, 0.2) is 0 Å². The van der Waals surface area contributed by atoms with Gasteiger partial charge in [-0.05, 0) is 55.7 Å². The van der Waals surface area contributed by atoms with E-state index in [1.165, 1.54) is 16.4 Å². The number of piperidine rings is 1. The lowest BCUT2D eigenvalue weighted by molar-refractivity contribution is -0.121. The summed E-state index contributed by atoms with van der Waals surface area (Å²) >= 11 is 0. The largest absolute Gasteiger partial charge is 0.324 e. The number of carbonyl (C=O) groups is 2. The predicted molar refractivity (Wildman–Crippen MR) is 115 cm³/mol. The third-order valence-corrected chi connectivity index (χ3v) is 7.61. The van der Waals surface area contributed by atoms with Gasteiger partial charge in [-0.3, -0.25) is 9.59 Å². The molecule has 0 aliphatic carbocycles. The molecule has 2 amide bonds. The summed E-state index contributed by atoms with van der Waals surface area (Å²) in [6, 6.07) is 11.8. The molecule has 0 radical (unpaired) electrons. The Labute approximate surface area is 180 Å². The standard InChI is InChI=1S/C22H24FN3O4S/c23-17-9-11-18(12-10-17)31(29,30)25-13-3-5-16(15-25)22(28)24-19-6-1-2-7-20(19)26-14-4-8-21(26)27/h1-2,6-7,9-12,16H,3-5,8,13-15H2,(H,24,28)/t16-/m1/s1. The van der Waals surface area contributed by atoms with Crippen molar-refractivity contribution in [1.82, 2.24) is 4.31 Å². The number of para-hydroxylation sites is 2. The maximum absolute atomic E-state index is 13.2. The van der Waals surface area contributed by atoms with Gasteiger partial charge in [-0.15, -0.1) is 0 Å². The summed E-state index contributed by atoms with van der Waals surface area (Å²) in [5, 5.41) is 2.89. The third-order valence-electron chi connectivity index (χ3n) is 5.73. The molecule has 2 aromatic carbocycles. The van der Waals surface area contributed by atoms with Crippen molar-refractivity contribution in [3.05, 3.63) is 54.3 Å². The fraction of sp³-hybridized carbons (Fsp3) is 0.364. The molecule has 164 valence electrons. The normalized spacial score (nSPS) is 20.1. The van der Waals surface area contributed by atoms with E-state index in [-0.39, 0.29) is 23.3 Å². The Morgan fingerprint density at radius 2 is 1.77 bits per heavy atom. The number of halogens is 1. The lowest BCUT2D eigenvalue weighted by atomic mass is 9.98. The molecule has 7 nitrogen and oxygen atoms in total. The van der Waals surface area contributed by atoms with E-state index in [1.807, 2.05) is 6.07 Å². The second-order valence-electron chi connectivity index (χ2n) is 7.81. The number of anilines is 2. The monoisotopic (exact) mass is 445 g/mol. The van der Waals surface area contributed by atoms with Crippen LogP contribution in [0.15, 0.2) is 53.4 Å². The van der Waals surface area contributed by atoms with Gasteiger partial charge in [0.05, 0.1) is 22.2 Å². The van der Waals surface area contributed by atoms with Crippen LogP contribution >= 0.6 is 0 Å². The van der Waals surface area contributed by atoms with E-state index in [0.717, 1.165) is 18.6 Å². The van der Waals surface area contributed by atoms with Crippen molar-refractivity contribution in [2.24, 2.45) is 5.92 Å². The van der Waals surface area contributed by atoms with Crippen LogP contribution in [0.4, 0.5) is 15.8 Å². The number of nitrogens with one attached hydrogen (secondary N) is 1. The SMILES string of the molecule is O=C(Nc1ccccc1N1CCCC1=O)[C@@H]1CCCN(S(=O)(=O)c2ccc(F)cc2)C1. The zero-order valence-electron chi connectivity index (χ0n) is 17.0. The smallest absolute Gasteiger partial charge is 0.243 e. The molecule has 1 N–H and O–H groups in total. The van der Waals surface area contributed by atoms with Crippen molar-refractivity contribution in [3.8, 4) is 0 Å². The van der Waals surface area contributed by atoms with Crippen molar-refractivity contribution in [2.75, 3.05) is 29.9 Å². The fourth-order valence-electron chi connectivity index (χ4n) is 4.08. The zero-order chi connectivity index (χ0) is 22.0. The maximum atomic E-state index is 13.2. The molecule has 2 saturated heterocycles. The fourth-order valence-corrected chi connectivity index (χ4v) is 5.61. The van der Waals surface area contributed by atoms with Gasteiger partial charge in [0.25, 0.3) is 0 Å². The molecule has 4 rings (SSSR count). The van der Waals surface area contributed by atoms with E-state index in [1.54, 1.807) is 23.1 Å². The number of hydrogen-bond acceptors (Lipinski definition) is 4. The van der Waals surface area contributed by atoms with Crippen LogP contribution in [0.3, 0.4) is 0 Å². The summed E-state index contributed by atoms with van der Waals surface area (Å²) in [6.07, 6.45) is 2.37. The molecule has 2 aliphatic rings. The zero-order valence-corrected chi connectivity index (χ0v) is 17.8. The molecular weight excluding hydrogens is 421 g/mol. The topological polar surface area (TPSA) is 86.8 Å². The molecule has 0 aromatic heterocycles. The van der Waals surface area contributed by atoms with Gasteiger partial charge in [-0.25, -0.2) is 12.8 Å². The summed E-state index contributed by atoms with van der Waals surface area (Å²) in [6.45, 7) is 0.970.